The summed E-state index contributed by atoms with van der Waals surface area (Å²) in [7, 11) is 0. The van der Waals surface area contributed by atoms with E-state index in [2.05, 4.69) is 45.1 Å². The number of hydrogen-bond donors (Lipinski definition) is 1. The molecular weight excluding hydrogens is 312 g/mol. The fourth-order valence-electron chi connectivity index (χ4n) is 0.873. The number of carbonyl (C=O) groups excluding carboxylic acids is 2. The summed E-state index contributed by atoms with van der Waals surface area (Å²) in [4.78, 5) is 19.3. The SMILES string of the molecule is CC(=O)CN[C-]=O.CCC.[CH2-]c1cccc(C)c1.[Rb+]. The van der Waals surface area contributed by atoms with Crippen LogP contribution in [0.15, 0.2) is 24.3 Å². The van der Waals surface area contributed by atoms with Crippen molar-refractivity contribution in [2.24, 2.45) is 0 Å². The fraction of sp³-hybridized carbons (Fsp3) is 0.400. The van der Waals surface area contributed by atoms with E-state index in [1.54, 1.807) is 0 Å². The topological polar surface area (TPSA) is 46.2 Å². The van der Waals surface area contributed by atoms with Gasteiger partial charge in [-0.15, -0.1) is 11.6 Å². The molecule has 0 aromatic heterocycles. The number of Topliss-reactive ketones (excluding diaryl/α,β-unsaturated/α-hetero) is 1. The molecule has 0 heterocycles. The van der Waals surface area contributed by atoms with Gasteiger partial charge in [0.2, 0.25) is 0 Å². The average Bonchev–Trinajstić information content (AvgIpc) is 2.28. The van der Waals surface area contributed by atoms with Crippen LogP contribution >= 0.6 is 0 Å². The number of ketones is 1. The molecule has 1 aromatic rings. The predicted molar refractivity (Wildman–Crippen MR) is 76.0 cm³/mol. The molecular formula is C15H23NO2Rb-. The quantitative estimate of drug-likeness (QED) is 0.616. The largest absolute Gasteiger partial charge is 1.00 e. The number of hydrogen-bond acceptors (Lipinski definition) is 2. The Kier molecular flexibility index (Phi) is 22.9. The standard InChI is InChI=1S/C8H9.C4H6NO2.C3H8.Rb/c1-7-4-3-5-8(2)6-7;1-4(7)2-5-3-6;1-3-2;/h3-6H,1H2,2H3;2H2,1H3,(H,5,6);3H2,1-2H3;/q2*-1;;+1. The number of aryl methyl sites for hydroxylation is 1. The molecule has 0 aliphatic heterocycles. The number of nitrogens with one attached hydrogen (secondary N) is 1. The summed E-state index contributed by atoms with van der Waals surface area (Å²) in [5.74, 6) is -0.0663. The van der Waals surface area contributed by atoms with E-state index in [0.29, 0.717) is 0 Å². The summed E-state index contributed by atoms with van der Waals surface area (Å²) >= 11 is 0. The van der Waals surface area contributed by atoms with Gasteiger partial charge in [0.15, 0.2) is 0 Å². The molecule has 0 atom stereocenters. The fourth-order valence-corrected chi connectivity index (χ4v) is 0.873. The van der Waals surface area contributed by atoms with E-state index in [1.165, 1.54) is 25.3 Å². The molecule has 102 valence electrons. The molecule has 4 heteroatoms. The van der Waals surface area contributed by atoms with Gasteiger partial charge in [-0.25, -0.2) is 0 Å². The Labute approximate surface area is 166 Å². The van der Waals surface area contributed by atoms with Crippen LogP contribution in [0.25, 0.3) is 0 Å². The summed E-state index contributed by atoms with van der Waals surface area (Å²) in [5.41, 5.74) is 2.36. The molecule has 1 rings (SSSR count). The van der Waals surface area contributed by atoms with Crippen LogP contribution in [0.3, 0.4) is 0 Å². The molecule has 1 aromatic carbocycles. The van der Waals surface area contributed by atoms with Crippen molar-refractivity contribution in [3.63, 3.8) is 0 Å². The van der Waals surface area contributed by atoms with Crippen LogP contribution in [0.5, 0.6) is 0 Å². The minimum absolute atomic E-state index is 0. The van der Waals surface area contributed by atoms with Gasteiger partial charge >= 0.3 is 58.2 Å². The van der Waals surface area contributed by atoms with Crippen molar-refractivity contribution in [2.45, 2.75) is 34.1 Å². The van der Waals surface area contributed by atoms with Gasteiger partial charge in [0.25, 0.3) is 0 Å². The normalized spacial score (nSPS) is 7.58. The van der Waals surface area contributed by atoms with Gasteiger partial charge in [0.1, 0.15) is 5.78 Å². The maximum Gasteiger partial charge on any atom is 1.00 e. The van der Waals surface area contributed by atoms with E-state index in [1.807, 2.05) is 12.1 Å². The second kappa shape index (κ2) is 18.0. The van der Waals surface area contributed by atoms with Crippen LogP contribution in [-0.4, -0.2) is 18.7 Å². The minimum atomic E-state index is -0.0663. The van der Waals surface area contributed by atoms with Crippen LogP contribution in [0, 0.1) is 13.8 Å². The predicted octanol–water partition coefficient (Wildman–Crippen LogP) is -0.170. The molecule has 19 heavy (non-hydrogen) atoms. The Morgan fingerprint density at radius 3 is 2.11 bits per heavy atom. The first-order valence-corrected chi connectivity index (χ1v) is 5.95. The summed E-state index contributed by atoms with van der Waals surface area (Å²) in [6, 6.07) is 8.12. The molecule has 1 amide bonds. The van der Waals surface area contributed by atoms with E-state index in [9.17, 15) is 9.59 Å². The molecule has 3 nitrogen and oxygen atoms in total. The van der Waals surface area contributed by atoms with Crippen molar-refractivity contribution >= 4 is 12.2 Å². The van der Waals surface area contributed by atoms with Gasteiger partial charge in [-0.2, -0.15) is 31.0 Å². The maximum atomic E-state index is 9.96. The van der Waals surface area contributed by atoms with Gasteiger partial charge in [0.05, 0.1) is 0 Å². The van der Waals surface area contributed by atoms with Crippen LogP contribution < -0.4 is 63.5 Å². The number of benzene rings is 1. The van der Waals surface area contributed by atoms with Crippen molar-refractivity contribution in [1.29, 1.82) is 0 Å². The van der Waals surface area contributed by atoms with Crippen LogP contribution in [0.2, 0.25) is 0 Å². The second-order valence-electron chi connectivity index (χ2n) is 3.85. The monoisotopic (exact) mass is 334 g/mol. The molecule has 0 bridgehead atoms. The molecule has 0 aliphatic carbocycles. The van der Waals surface area contributed by atoms with E-state index in [-0.39, 0.29) is 70.5 Å². The molecule has 1 N–H and O–H groups in total. The van der Waals surface area contributed by atoms with Crippen LogP contribution in [0.4, 0.5) is 0 Å². The minimum Gasteiger partial charge on any atom is -0.524 e. The van der Waals surface area contributed by atoms with Gasteiger partial charge in [-0.1, -0.05) is 33.3 Å². The second-order valence-corrected chi connectivity index (χ2v) is 3.85. The summed E-state index contributed by atoms with van der Waals surface area (Å²) in [5, 5.41) is 2.09. The van der Waals surface area contributed by atoms with Gasteiger partial charge in [0, 0.05) is 6.54 Å². The molecule has 0 radical (unpaired) electrons. The van der Waals surface area contributed by atoms with Crippen molar-refractivity contribution in [2.75, 3.05) is 6.54 Å². The zero-order chi connectivity index (χ0) is 14.4. The number of amides is 1. The molecule has 0 spiro atoms. The number of carbonyl (C=O) groups is 1. The smallest absolute Gasteiger partial charge is 0.524 e. The van der Waals surface area contributed by atoms with Crippen molar-refractivity contribution in [3.8, 4) is 0 Å². The molecule has 0 aliphatic rings. The van der Waals surface area contributed by atoms with Gasteiger partial charge < -0.3 is 10.1 Å². The third kappa shape index (κ3) is 23.5. The first-order chi connectivity index (χ1) is 8.47. The number of rotatable bonds is 3. The van der Waals surface area contributed by atoms with Crippen molar-refractivity contribution < 1.29 is 67.8 Å². The molecule has 0 saturated heterocycles. The van der Waals surface area contributed by atoms with E-state index in [0.717, 1.165) is 5.56 Å². The third-order valence-corrected chi connectivity index (χ3v) is 1.49. The zero-order valence-corrected chi connectivity index (χ0v) is 17.7. The summed E-state index contributed by atoms with van der Waals surface area (Å²) in [6.45, 7) is 11.6. The first-order valence-electron chi connectivity index (χ1n) is 5.95. The van der Waals surface area contributed by atoms with Gasteiger partial charge in [-0.05, 0) is 6.92 Å². The molecule has 0 saturated carbocycles. The third-order valence-electron chi connectivity index (χ3n) is 1.49. The summed E-state index contributed by atoms with van der Waals surface area (Å²) < 4.78 is 0. The Morgan fingerprint density at radius 2 is 1.89 bits per heavy atom. The Morgan fingerprint density at radius 1 is 1.37 bits per heavy atom. The van der Waals surface area contributed by atoms with Crippen molar-refractivity contribution in [3.05, 3.63) is 42.3 Å². The van der Waals surface area contributed by atoms with E-state index < -0.39 is 0 Å². The molecule has 0 fully saturated rings. The van der Waals surface area contributed by atoms with E-state index >= 15 is 0 Å². The van der Waals surface area contributed by atoms with Crippen LogP contribution in [0.1, 0.15) is 38.3 Å². The van der Waals surface area contributed by atoms with Gasteiger partial charge in [-0.3, -0.25) is 4.79 Å². The van der Waals surface area contributed by atoms with Crippen molar-refractivity contribution in [1.82, 2.24) is 5.32 Å². The average molecular weight is 335 g/mol. The summed E-state index contributed by atoms with van der Waals surface area (Å²) in [6.07, 6.45) is 2.63. The molecule has 0 unspecified atom stereocenters. The Bertz CT molecular complexity index is 323. The maximum absolute atomic E-state index is 9.96. The Hall–Kier alpha value is 0.0352. The van der Waals surface area contributed by atoms with Crippen LogP contribution in [-0.2, 0) is 9.59 Å². The Balaban J connectivity index is -0.000000216. The van der Waals surface area contributed by atoms with E-state index in [4.69, 9.17) is 0 Å². The first kappa shape index (κ1) is 24.1. The zero-order valence-electron chi connectivity index (χ0n) is 12.7.